The predicted molar refractivity (Wildman–Crippen MR) is 148 cm³/mol. The SMILES string of the molecule is CCCCNC(=O)[C@@H](Cc1ccccc1)N(Cc1ccc(C)cc1)C(=O)COc1ccc(Br)cc1Cl. The molecule has 0 aromatic heterocycles. The molecular formula is C29H32BrClN2O3. The van der Waals surface area contributed by atoms with E-state index in [9.17, 15) is 9.59 Å². The first kappa shape index (κ1) is 27.8. The summed E-state index contributed by atoms with van der Waals surface area (Å²) in [7, 11) is 0. The van der Waals surface area contributed by atoms with Crippen LogP contribution in [0.3, 0.4) is 0 Å². The second-order valence-electron chi connectivity index (χ2n) is 8.72. The number of amides is 2. The third-order valence-electron chi connectivity index (χ3n) is 5.82. The molecule has 3 rings (SSSR count). The summed E-state index contributed by atoms with van der Waals surface area (Å²) < 4.78 is 6.61. The molecule has 7 heteroatoms. The summed E-state index contributed by atoms with van der Waals surface area (Å²) in [5.41, 5.74) is 3.05. The Morgan fingerprint density at radius 3 is 2.42 bits per heavy atom. The molecule has 3 aromatic carbocycles. The molecule has 0 radical (unpaired) electrons. The quantitative estimate of drug-likeness (QED) is 0.258. The molecule has 0 saturated heterocycles. The Morgan fingerprint density at radius 2 is 1.75 bits per heavy atom. The number of hydrogen-bond acceptors (Lipinski definition) is 3. The Kier molecular flexibility index (Phi) is 10.8. The lowest BCUT2D eigenvalue weighted by molar-refractivity contribution is -0.142. The van der Waals surface area contributed by atoms with Crippen molar-refractivity contribution in [1.82, 2.24) is 10.2 Å². The molecule has 0 spiro atoms. The Balaban J connectivity index is 1.88. The van der Waals surface area contributed by atoms with E-state index in [1.54, 1.807) is 23.1 Å². The minimum absolute atomic E-state index is 0.172. The number of carbonyl (C=O) groups excluding carboxylic acids is 2. The van der Waals surface area contributed by atoms with Crippen molar-refractivity contribution in [2.75, 3.05) is 13.2 Å². The van der Waals surface area contributed by atoms with Gasteiger partial charge in [-0.15, -0.1) is 0 Å². The highest BCUT2D eigenvalue weighted by Crippen LogP contribution is 2.28. The molecule has 1 atom stereocenters. The third-order valence-corrected chi connectivity index (χ3v) is 6.61. The normalized spacial score (nSPS) is 11.6. The van der Waals surface area contributed by atoms with E-state index in [4.69, 9.17) is 16.3 Å². The first-order valence-electron chi connectivity index (χ1n) is 12.1. The van der Waals surface area contributed by atoms with Gasteiger partial charge in [-0.05, 0) is 42.7 Å². The van der Waals surface area contributed by atoms with Crippen molar-refractivity contribution in [2.24, 2.45) is 0 Å². The maximum Gasteiger partial charge on any atom is 0.261 e. The monoisotopic (exact) mass is 570 g/mol. The van der Waals surface area contributed by atoms with E-state index in [1.807, 2.05) is 61.5 Å². The van der Waals surface area contributed by atoms with E-state index in [0.29, 0.717) is 23.7 Å². The molecule has 0 heterocycles. The van der Waals surface area contributed by atoms with Crippen LogP contribution >= 0.6 is 27.5 Å². The van der Waals surface area contributed by atoms with Crippen molar-refractivity contribution in [3.8, 4) is 5.75 Å². The fraction of sp³-hybridized carbons (Fsp3) is 0.310. The molecule has 0 aliphatic rings. The molecule has 0 saturated carbocycles. The lowest BCUT2D eigenvalue weighted by atomic mass is 10.0. The number of halogens is 2. The number of nitrogens with one attached hydrogen (secondary N) is 1. The van der Waals surface area contributed by atoms with Crippen molar-refractivity contribution < 1.29 is 14.3 Å². The first-order valence-corrected chi connectivity index (χ1v) is 13.3. The van der Waals surface area contributed by atoms with Gasteiger partial charge in [0.05, 0.1) is 5.02 Å². The van der Waals surface area contributed by atoms with Crippen molar-refractivity contribution >= 4 is 39.3 Å². The highest BCUT2D eigenvalue weighted by molar-refractivity contribution is 9.10. The van der Waals surface area contributed by atoms with Gasteiger partial charge in [-0.1, -0.05) is 101 Å². The van der Waals surface area contributed by atoms with Gasteiger partial charge in [-0.3, -0.25) is 9.59 Å². The predicted octanol–water partition coefficient (Wildman–Crippen LogP) is 6.35. The molecule has 1 N–H and O–H groups in total. The van der Waals surface area contributed by atoms with Crippen molar-refractivity contribution in [1.29, 1.82) is 0 Å². The van der Waals surface area contributed by atoms with Gasteiger partial charge >= 0.3 is 0 Å². The van der Waals surface area contributed by atoms with Crippen LogP contribution in [0, 0.1) is 6.92 Å². The average Bonchev–Trinajstić information content (AvgIpc) is 2.87. The van der Waals surface area contributed by atoms with Gasteiger partial charge in [0.1, 0.15) is 11.8 Å². The average molecular weight is 572 g/mol. The van der Waals surface area contributed by atoms with Gasteiger partial charge in [0.15, 0.2) is 6.61 Å². The van der Waals surface area contributed by atoms with Crippen molar-refractivity contribution in [3.63, 3.8) is 0 Å². The summed E-state index contributed by atoms with van der Waals surface area (Å²) in [5.74, 6) is -0.0499. The van der Waals surface area contributed by atoms with Crippen LogP contribution in [0.25, 0.3) is 0 Å². The maximum atomic E-state index is 13.6. The van der Waals surface area contributed by atoms with E-state index in [1.165, 1.54) is 0 Å². The fourth-order valence-electron chi connectivity index (χ4n) is 3.76. The van der Waals surface area contributed by atoms with Gasteiger partial charge in [0, 0.05) is 24.0 Å². The second-order valence-corrected chi connectivity index (χ2v) is 10.0. The molecule has 0 aliphatic heterocycles. The number of unbranched alkanes of at least 4 members (excludes halogenated alkanes) is 1. The number of hydrogen-bond donors (Lipinski definition) is 1. The highest BCUT2D eigenvalue weighted by atomic mass is 79.9. The van der Waals surface area contributed by atoms with Crippen LogP contribution in [0.4, 0.5) is 0 Å². The molecule has 0 unspecified atom stereocenters. The maximum absolute atomic E-state index is 13.6. The molecule has 0 aliphatic carbocycles. The van der Waals surface area contributed by atoms with Gasteiger partial charge in [-0.2, -0.15) is 0 Å². The largest absolute Gasteiger partial charge is 0.482 e. The fourth-order valence-corrected chi connectivity index (χ4v) is 4.49. The van der Waals surface area contributed by atoms with Crippen LogP contribution in [-0.4, -0.2) is 35.9 Å². The molecular weight excluding hydrogens is 540 g/mol. The molecule has 2 amide bonds. The van der Waals surface area contributed by atoms with E-state index in [2.05, 4.69) is 28.2 Å². The van der Waals surface area contributed by atoms with E-state index >= 15 is 0 Å². The molecule has 5 nitrogen and oxygen atoms in total. The number of ether oxygens (including phenoxy) is 1. The van der Waals surface area contributed by atoms with Crippen LogP contribution in [0.1, 0.15) is 36.5 Å². The van der Waals surface area contributed by atoms with Crippen LogP contribution < -0.4 is 10.1 Å². The van der Waals surface area contributed by atoms with E-state index < -0.39 is 6.04 Å². The number of nitrogens with zero attached hydrogens (tertiary/aromatic N) is 1. The van der Waals surface area contributed by atoms with Gasteiger partial charge < -0.3 is 15.0 Å². The summed E-state index contributed by atoms with van der Waals surface area (Å²) in [4.78, 5) is 28.6. The standard InChI is InChI=1S/C29H32BrClN2O3/c1-3-4-16-32-29(35)26(17-22-8-6-5-7-9-22)33(19-23-12-10-21(2)11-13-23)28(34)20-36-27-15-14-24(30)18-25(27)31/h5-15,18,26H,3-4,16-17,19-20H2,1-2H3,(H,32,35)/t26-/m1/s1. The molecule has 36 heavy (non-hydrogen) atoms. The van der Waals surface area contributed by atoms with Gasteiger partial charge in [0.25, 0.3) is 5.91 Å². The lowest BCUT2D eigenvalue weighted by Gasteiger charge is -2.31. The Hall–Kier alpha value is -2.83. The van der Waals surface area contributed by atoms with Gasteiger partial charge in [-0.25, -0.2) is 0 Å². The molecule has 0 fully saturated rings. The minimum Gasteiger partial charge on any atom is -0.482 e. The zero-order chi connectivity index (χ0) is 25.9. The number of benzene rings is 3. The first-order chi connectivity index (χ1) is 17.4. The smallest absolute Gasteiger partial charge is 0.261 e. The van der Waals surface area contributed by atoms with E-state index in [-0.39, 0.29) is 25.0 Å². The lowest BCUT2D eigenvalue weighted by Crippen LogP contribution is -2.51. The highest BCUT2D eigenvalue weighted by Gasteiger charge is 2.30. The topological polar surface area (TPSA) is 58.6 Å². The Morgan fingerprint density at radius 1 is 1.03 bits per heavy atom. The summed E-state index contributed by atoms with van der Waals surface area (Å²) in [6, 6.07) is 22.3. The third kappa shape index (κ3) is 8.38. The number of aryl methyl sites for hydroxylation is 1. The number of carbonyl (C=O) groups is 2. The molecule has 190 valence electrons. The van der Waals surface area contributed by atoms with Crippen LogP contribution in [0.2, 0.25) is 5.02 Å². The summed E-state index contributed by atoms with van der Waals surface area (Å²) in [6.45, 7) is 4.71. The van der Waals surface area contributed by atoms with Crippen molar-refractivity contribution in [3.05, 3.63) is 99.0 Å². The van der Waals surface area contributed by atoms with E-state index in [0.717, 1.165) is 34.0 Å². The zero-order valence-electron chi connectivity index (χ0n) is 20.7. The Bertz CT molecular complexity index is 1140. The summed E-state index contributed by atoms with van der Waals surface area (Å²) in [6.07, 6.45) is 2.24. The Labute approximate surface area is 226 Å². The second kappa shape index (κ2) is 14.0. The number of rotatable bonds is 12. The summed E-state index contributed by atoms with van der Waals surface area (Å²) in [5, 5.41) is 3.43. The molecule has 3 aromatic rings. The molecule has 0 bridgehead atoms. The summed E-state index contributed by atoms with van der Waals surface area (Å²) >= 11 is 9.66. The van der Waals surface area contributed by atoms with Crippen molar-refractivity contribution in [2.45, 2.75) is 45.7 Å². The van der Waals surface area contributed by atoms with Crippen LogP contribution in [0.15, 0.2) is 77.3 Å². The van der Waals surface area contributed by atoms with Gasteiger partial charge in [0.2, 0.25) is 5.91 Å². The van der Waals surface area contributed by atoms with Crippen LogP contribution in [0.5, 0.6) is 5.75 Å². The van der Waals surface area contributed by atoms with Crippen LogP contribution in [-0.2, 0) is 22.6 Å². The zero-order valence-corrected chi connectivity index (χ0v) is 23.0. The minimum atomic E-state index is -0.693.